The number of rotatable bonds is 4. The molecule has 2 aromatic carbocycles. The molecule has 0 aliphatic rings. The molecule has 1 aromatic heterocycles. The van der Waals surface area contributed by atoms with Gasteiger partial charge in [-0.3, -0.25) is 9.59 Å². The topological polar surface area (TPSA) is 59.3 Å². The van der Waals surface area contributed by atoms with Gasteiger partial charge in [0.2, 0.25) is 0 Å². The number of carboxylic acid groups (broad SMARTS) is 1. The van der Waals surface area contributed by atoms with Crippen molar-refractivity contribution in [3.05, 3.63) is 81.6 Å². The number of carbonyl (C=O) groups is 1. The summed E-state index contributed by atoms with van der Waals surface area (Å²) in [6.07, 6.45) is 0. The summed E-state index contributed by atoms with van der Waals surface area (Å²) in [6, 6.07) is 17.0. The minimum atomic E-state index is -0.932. The van der Waals surface area contributed by atoms with Crippen LogP contribution in [0.1, 0.15) is 29.5 Å². The van der Waals surface area contributed by atoms with E-state index in [2.05, 4.69) is 0 Å². The summed E-state index contributed by atoms with van der Waals surface area (Å²) < 4.78 is 1.70. The van der Waals surface area contributed by atoms with Gasteiger partial charge in [-0.2, -0.15) is 0 Å². The van der Waals surface area contributed by atoms with Crippen LogP contribution in [-0.2, 0) is 11.3 Å². The monoisotopic (exact) mass is 321 g/mol. The molecule has 4 nitrogen and oxygen atoms in total. The van der Waals surface area contributed by atoms with Gasteiger partial charge >= 0.3 is 5.97 Å². The number of aryl methyl sites for hydroxylation is 1. The van der Waals surface area contributed by atoms with Crippen molar-refractivity contribution in [2.24, 2.45) is 0 Å². The van der Waals surface area contributed by atoms with Crippen molar-refractivity contribution in [3.8, 4) is 0 Å². The van der Waals surface area contributed by atoms with Gasteiger partial charge in [-0.05, 0) is 37.1 Å². The second-order valence-electron chi connectivity index (χ2n) is 6.09. The van der Waals surface area contributed by atoms with Crippen LogP contribution >= 0.6 is 0 Å². The summed E-state index contributed by atoms with van der Waals surface area (Å²) in [5.41, 5.74) is 3.21. The van der Waals surface area contributed by atoms with E-state index in [-0.39, 0.29) is 5.56 Å². The lowest BCUT2D eigenvalue weighted by molar-refractivity contribution is -0.138. The van der Waals surface area contributed by atoms with Crippen LogP contribution in [0.2, 0.25) is 0 Å². The Labute approximate surface area is 140 Å². The summed E-state index contributed by atoms with van der Waals surface area (Å²) in [7, 11) is 0. The Kier molecular flexibility index (Phi) is 4.21. The summed E-state index contributed by atoms with van der Waals surface area (Å²) in [5, 5.41) is 10.2. The van der Waals surface area contributed by atoms with Crippen molar-refractivity contribution in [2.75, 3.05) is 0 Å². The zero-order valence-corrected chi connectivity index (χ0v) is 13.7. The van der Waals surface area contributed by atoms with Crippen LogP contribution in [0.3, 0.4) is 0 Å². The summed E-state index contributed by atoms with van der Waals surface area (Å²) >= 11 is 0. The molecule has 0 spiro atoms. The van der Waals surface area contributed by atoms with Gasteiger partial charge in [-0.15, -0.1) is 0 Å². The van der Waals surface area contributed by atoms with Crippen LogP contribution in [0.25, 0.3) is 10.9 Å². The molecule has 1 N–H and O–H groups in total. The number of carboxylic acids is 1. The number of hydrogen-bond donors (Lipinski definition) is 1. The molecule has 3 aromatic rings. The second kappa shape index (κ2) is 6.32. The molecule has 3 rings (SSSR count). The van der Waals surface area contributed by atoms with Gasteiger partial charge in [0.15, 0.2) is 0 Å². The average molecular weight is 321 g/mol. The number of fused-ring (bicyclic) bond motifs is 1. The van der Waals surface area contributed by atoms with E-state index in [4.69, 9.17) is 0 Å². The molecule has 0 saturated heterocycles. The van der Waals surface area contributed by atoms with E-state index in [1.807, 2.05) is 55.5 Å². The van der Waals surface area contributed by atoms with Crippen molar-refractivity contribution in [3.63, 3.8) is 0 Å². The fourth-order valence-electron chi connectivity index (χ4n) is 2.94. The summed E-state index contributed by atoms with van der Waals surface area (Å²) in [6.45, 7) is 4.03. The van der Waals surface area contributed by atoms with Crippen molar-refractivity contribution >= 4 is 16.9 Å². The van der Waals surface area contributed by atoms with Crippen LogP contribution in [0.5, 0.6) is 0 Å². The Morgan fingerprint density at radius 3 is 2.50 bits per heavy atom. The molecule has 1 unspecified atom stereocenters. The van der Waals surface area contributed by atoms with E-state index >= 15 is 0 Å². The Balaban J connectivity index is 2.25. The molecule has 0 fully saturated rings. The molecule has 0 bridgehead atoms. The first-order valence-electron chi connectivity index (χ1n) is 7.88. The van der Waals surface area contributed by atoms with Gasteiger partial charge in [0.05, 0.1) is 18.0 Å². The van der Waals surface area contributed by atoms with Gasteiger partial charge in [0, 0.05) is 11.5 Å². The van der Waals surface area contributed by atoms with E-state index in [9.17, 15) is 14.7 Å². The first-order chi connectivity index (χ1) is 11.5. The molecule has 1 heterocycles. The lowest BCUT2D eigenvalue weighted by Crippen LogP contribution is -2.23. The first-order valence-corrected chi connectivity index (χ1v) is 7.88. The van der Waals surface area contributed by atoms with E-state index in [0.29, 0.717) is 12.1 Å². The molecule has 1 atom stereocenters. The third-order valence-corrected chi connectivity index (χ3v) is 4.32. The lowest BCUT2D eigenvalue weighted by Gasteiger charge is -2.16. The fraction of sp³-hybridized carbons (Fsp3) is 0.200. The molecule has 0 aliphatic carbocycles. The van der Waals surface area contributed by atoms with Crippen molar-refractivity contribution < 1.29 is 9.90 Å². The fourth-order valence-corrected chi connectivity index (χ4v) is 2.94. The zero-order chi connectivity index (χ0) is 17.3. The Morgan fingerprint density at radius 1 is 1.12 bits per heavy atom. The molecule has 122 valence electrons. The first kappa shape index (κ1) is 16.0. The van der Waals surface area contributed by atoms with Crippen molar-refractivity contribution in [1.29, 1.82) is 0 Å². The Morgan fingerprint density at radius 2 is 1.83 bits per heavy atom. The van der Waals surface area contributed by atoms with Crippen LogP contribution in [0.15, 0.2) is 59.4 Å². The number of aliphatic carboxylic acids is 1. The SMILES string of the molecule is Cc1ccc2c(c1)c(C(C)C(=O)O)cc(=O)n2Cc1ccccc1. The zero-order valence-electron chi connectivity index (χ0n) is 13.7. The third kappa shape index (κ3) is 2.95. The maximum absolute atomic E-state index is 12.6. The predicted molar refractivity (Wildman–Crippen MR) is 94.5 cm³/mol. The normalized spacial score (nSPS) is 12.2. The minimum Gasteiger partial charge on any atom is -0.481 e. The van der Waals surface area contributed by atoms with E-state index in [1.165, 1.54) is 6.07 Å². The number of benzene rings is 2. The molecular formula is C20H19NO3. The number of pyridine rings is 1. The highest BCUT2D eigenvalue weighted by Crippen LogP contribution is 2.26. The maximum Gasteiger partial charge on any atom is 0.310 e. The van der Waals surface area contributed by atoms with Gasteiger partial charge in [-0.25, -0.2) is 0 Å². The molecule has 0 amide bonds. The highest BCUT2D eigenvalue weighted by Gasteiger charge is 2.19. The largest absolute Gasteiger partial charge is 0.481 e. The number of hydrogen-bond acceptors (Lipinski definition) is 2. The lowest BCUT2D eigenvalue weighted by atomic mass is 9.96. The number of aromatic nitrogens is 1. The van der Waals surface area contributed by atoms with Crippen LogP contribution < -0.4 is 5.56 Å². The van der Waals surface area contributed by atoms with Gasteiger partial charge < -0.3 is 9.67 Å². The summed E-state index contributed by atoms with van der Waals surface area (Å²) in [5.74, 6) is -1.66. The van der Waals surface area contributed by atoms with E-state index in [0.717, 1.165) is 22.0 Å². The smallest absolute Gasteiger partial charge is 0.310 e. The highest BCUT2D eigenvalue weighted by atomic mass is 16.4. The number of nitrogens with zero attached hydrogens (tertiary/aromatic N) is 1. The van der Waals surface area contributed by atoms with Crippen LogP contribution in [0.4, 0.5) is 0 Å². The molecule has 0 aliphatic heterocycles. The molecule has 24 heavy (non-hydrogen) atoms. The summed E-state index contributed by atoms with van der Waals surface area (Å²) in [4.78, 5) is 24.0. The van der Waals surface area contributed by atoms with Gasteiger partial charge in [0.25, 0.3) is 5.56 Å². The van der Waals surface area contributed by atoms with Crippen molar-refractivity contribution in [2.45, 2.75) is 26.3 Å². The second-order valence-corrected chi connectivity index (χ2v) is 6.09. The Hall–Kier alpha value is -2.88. The molecule has 0 radical (unpaired) electrons. The quantitative estimate of drug-likeness (QED) is 0.799. The van der Waals surface area contributed by atoms with Crippen molar-refractivity contribution in [1.82, 2.24) is 4.57 Å². The van der Waals surface area contributed by atoms with Gasteiger partial charge in [0.1, 0.15) is 0 Å². The standard InChI is InChI=1S/C20H19NO3/c1-13-8-9-18-17(10-13)16(14(2)20(23)24)11-19(22)21(18)12-15-6-4-3-5-7-15/h3-11,14H,12H2,1-2H3,(H,23,24). The maximum atomic E-state index is 12.6. The minimum absolute atomic E-state index is 0.182. The van der Waals surface area contributed by atoms with Crippen LogP contribution in [0, 0.1) is 6.92 Å². The molecular weight excluding hydrogens is 302 g/mol. The average Bonchev–Trinajstić information content (AvgIpc) is 2.57. The Bertz CT molecular complexity index is 958. The molecule has 4 heteroatoms. The van der Waals surface area contributed by atoms with E-state index in [1.54, 1.807) is 11.5 Å². The van der Waals surface area contributed by atoms with E-state index < -0.39 is 11.9 Å². The predicted octanol–water partition coefficient (Wildman–Crippen LogP) is 3.55. The highest BCUT2D eigenvalue weighted by molar-refractivity contribution is 5.89. The van der Waals surface area contributed by atoms with Gasteiger partial charge in [-0.1, -0.05) is 42.0 Å². The van der Waals surface area contributed by atoms with Crippen LogP contribution in [-0.4, -0.2) is 15.6 Å². The molecule has 0 saturated carbocycles. The third-order valence-electron chi connectivity index (χ3n) is 4.32.